The van der Waals surface area contributed by atoms with Gasteiger partial charge in [-0.3, -0.25) is 10.1 Å². The van der Waals surface area contributed by atoms with E-state index >= 15 is 0 Å². The van der Waals surface area contributed by atoms with Crippen LogP contribution in [0.4, 0.5) is 11.4 Å². The van der Waals surface area contributed by atoms with Gasteiger partial charge in [0, 0.05) is 5.69 Å². The Morgan fingerprint density at radius 1 is 1.14 bits per heavy atom. The molecule has 0 spiro atoms. The Labute approximate surface area is 122 Å². The summed E-state index contributed by atoms with van der Waals surface area (Å²) in [6.45, 7) is 1.97. The molecule has 0 heterocycles. The van der Waals surface area contributed by atoms with E-state index in [9.17, 15) is 10.1 Å². The first-order chi connectivity index (χ1) is 10.1. The Bertz CT molecular complexity index is 662. The number of aliphatic imine (C=N–C) groups is 1. The van der Waals surface area contributed by atoms with Crippen molar-refractivity contribution in [2.45, 2.75) is 6.92 Å². The Kier molecular flexibility index (Phi) is 4.82. The van der Waals surface area contributed by atoms with Gasteiger partial charge in [-0.25, -0.2) is 4.99 Å². The van der Waals surface area contributed by atoms with E-state index < -0.39 is 4.92 Å². The first kappa shape index (κ1) is 14.5. The summed E-state index contributed by atoms with van der Waals surface area (Å²) in [5.41, 5.74) is 2.46. The van der Waals surface area contributed by atoms with Gasteiger partial charge in [0.15, 0.2) is 0 Å². The highest BCUT2D eigenvalue weighted by Gasteiger charge is 2.06. The van der Waals surface area contributed by atoms with Gasteiger partial charge < -0.3 is 5.32 Å². The molecule has 0 aliphatic rings. The largest absolute Gasteiger partial charge is 0.356 e. The summed E-state index contributed by atoms with van der Waals surface area (Å²) in [4.78, 5) is 14.6. The number of aryl methyl sites for hydroxylation is 1. The lowest BCUT2D eigenvalue weighted by Crippen LogP contribution is -2.03. The molecule has 106 valence electrons. The number of benzene rings is 2. The highest BCUT2D eigenvalue weighted by Crippen LogP contribution is 2.12. The molecule has 0 amide bonds. The SMILES string of the molecule is Cc1ccc(N=CC(=CNc2ccccc2)[N+](=O)[O-])cc1. The Hall–Kier alpha value is -2.95. The maximum atomic E-state index is 11.0. The molecule has 2 rings (SSSR count). The first-order valence-electron chi connectivity index (χ1n) is 6.42. The third-order valence-electron chi connectivity index (χ3n) is 2.75. The van der Waals surface area contributed by atoms with Crippen LogP contribution in [0.2, 0.25) is 0 Å². The number of nitro groups is 1. The summed E-state index contributed by atoms with van der Waals surface area (Å²) in [6, 6.07) is 16.7. The van der Waals surface area contributed by atoms with Gasteiger partial charge in [-0.05, 0) is 31.2 Å². The number of hydrogen-bond acceptors (Lipinski definition) is 4. The topological polar surface area (TPSA) is 67.5 Å². The molecular formula is C16H15N3O2. The summed E-state index contributed by atoms with van der Waals surface area (Å²) in [5, 5.41) is 13.9. The quantitative estimate of drug-likeness (QED) is 0.513. The molecule has 2 aromatic carbocycles. The lowest BCUT2D eigenvalue weighted by Gasteiger charge is -1.99. The normalized spacial score (nSPS) is 11.6. The highest BCUT2D eigenvalue weighted by molar-refractivity contribution is 5.78. The monoisotopic (exact) mass is 281 g/mol. The van der Waals surface area contributed by atoms with E-state index in [-0.39, 0.29) is 5.70 Å². The Balaban J connectivity index is 2.12. The number of para-hydroxylation sites is 1. The molecule has 1 N–H and O–H groups in total. The summed E-state index contributed by atoms with van der Waals surface area (Å²) in [5.74, 6) is 0. The fourth-order valence-corrected chi connectivity index (χ4v) is 1.60. The van der Waals surface area contributed by atoms with Crippen molar-refractivity contribution in [3.8, 4) is 0 Å². The second-order valence-corrected chi connectivity index (χ2v) is 4.43. The highest BCUT2D eigenvalue weighted by atomic mass is 16.6. The van der Waals surface area contributed by atoms with E-state index in [1.165, 1.54) is 12.4 Å². The van der Waals surface area contributed by atoms with Gasteiger partial charge in [0.2, 0.25) is 0 Å². The van der Waals surface area contributed by atoms with Crippen molar-refractivity contribution in [2.75, 3.05) is 5.32 Å². The average molecular weight is 281 g/mol. The summed E-state index contributed by atoms with van der Waals surface area (Å²) in [6.07, 6.45) is 2.56. The second kappa shape index (κ2) is 7.00. The molecule has 2 aromatic rings. The van der Waals surface area contributed by atoms with Crippen LogP contribution in [0.25, 0.3) is 0 Å². The van der Waals surface area contributed by atoms with Crippen LogP contribution < -0.4 is 5.32 Å². The molecule has 5 nitrogen and oxygen atoms in total. The minimum absolute atomic E-state index is 0.112. The van der Waals surface area contributed by atoms with E-state index in [1.807, 2.05) is 61.5 Å². The van der Waals surface area contributed by atoms with Crippen molar-refractivity contribution in [1.82, 2.24) is 0 Å². The van der Waals surface area contributed by atoms with Crippen molar-refractivity contribution in [3.05, 3.63) is 82.2 Å². The van der Waals surface area contributed by atoms with Crippen molar-refractivity contribution in [2.24, 2.45) is 4.99 Å². The molecule has 0 aliphatic carbocycles. The standard InChI is InChI=1S/C16H15N3O2/c1-13-7-9-15(10-8-13)18-12-16(19(20)21)11-17-14-5-3-2-4-6-14/h2-12,17H,1H3. The number of allylic oxidation sites excluding steroid dienone is 1. The predicted molar refractivity (Wildman–Crippen MR) is 84.5 cm³/mol. The zero-order chi connectivity index (χ0) is 15.1. The first-order valence-corrected chi connectivity index (χ1v) is 6.42. The van der Waals surface area contributed by atoms with Gasteiger partial charge >= 0.3 is 5.70 Å². The maximum absolute atomic E-state index is 11.0. The fraction of sp³-hybridized carbons (Fsp3) is 0.0625. The molecular weight excluding hydrogens is 266 g/mol. The molecule has 0 fully saturated rings. The number of rotatable bonds is 5. The molecule has 0 aliphatic heterocycles. The van der Waals surface area contributed by atoms with E-state index in [4.69, 9.17) is 0 Å². The molecule has 5 heteroatoms. The van der Waals surface area contributed by atoms with Crippen molar-refractivity contribution in [3.63, 3.8) is 0 Å². The lowest BCUT2D eigenvalue weighted by molar-refractivity contribution is -0.414. The van der Waals surface area contributed by atoms with Crippen LogP contribution in [0, 0.1) is 17.0 Å². The zero-order valence-electron chi connectivity index (χ0n) is 11.6. The third kappa shape index (κ3) is 4.58. The van der Waals surface area contributed by atoms with Crippen molar-refractivity contribution in [1.29, 1.82) is 0 Å². The van der Waals surface area contributed by atoms with Crippen molar-refractivity contribution >= 4 is 17.6 Å². The van der Waals surface area contributed by atoms with Gasteiger partial charge in [-0.15, -0.1) is 0 Å². The van der Waals surface area contributed by atoms with Crippen LogP contribution in [-0.4, -0.2) is 11.1 Å². The Morgan fingerprint density at radius 3 is 2.43 bits per heavy atom. The van der Waals surface area contributed by atoms with E-state index in [0.717, 1.165) is 11.3 Å². The van der Waals surface area contributed by atoms with Gasteiger partial charge in [-0.2, -0.15) is 0 Å². The molecule has 0 saturated heterocycles. The number of anilines is 1. The van der Waals surface area contributed by atoms with Crippen LogP contribution in [0.3, 0.4) is 0 Å². The van der Waals surface area contributed by atoms with E-state index in [1.54, 1.807) is 0 Å². The minimum atomic E-state index is -0.479. The van der Waals surface area contributed by atoms with Crippen LogP contribution in [0.5, 0.6) is 0 Å². The molecule has 0 saturated carbocycles. The van der Waals surface area contributed by atoms with Crippen LogP contribution >= 0.6 is 0 Å². The molecule has 0 unspecified atom stereocenters. The van der Waals surface area contributed by atoms with Gasteiger partial charge in [-0.1, -0.05) is 35.9 Å². The Morgan fingerprint density at radius 2 is 1.81 bits per heavy atom. The minimum Gasteiger partial charge on any atom is -0.356 e. The van der Waals surface area contributed by atoms with Gasteiger partial charge in [0.1, 0.15) is 6.21 Å². The molecule has 0 atom stereocenters. The smallest absolute Gasteiger partial charge is 0.303 e. The number of nitrogens with zero attached hydrogens (tertiary/aromatic N) is 2. The average Bonchev–Trinajstić information content (AvgIpc) is 2.49. The molecule has 21 heavy (non-hydrogen) atoms. The molecule has 0 bridgehead atoms. The summed E-state index contributed by atoms with van der Waals surface area (Å²) < 4.78 is 0. The summed E-state index contributed by atoms with van der Waals surface area (Å²) >= 11 is 0. The predicted octanol–water partition coefficient (Wildman–Crippen LogP) is 3.93. The van der Waals surface area contributed by atoms with Gasteiger partial charge in [0.05, 0.1) is 16.8 Å². The van der Waals surface area contributed by atoms with E-state index in [0.29, 0.717) is 5.69 Å². The van der Waals surface area contributed by atoms with Gasteiger partial charge in [0.25, 0.3) is 0 Å². The molecule has 0 aromatic heterocycles. The third-order valence-corrected chi connectivity index (χ3v) is 2.75. The number of hydrogen-bond donors (Lipinski definition) is 1. The zero-order valence-corrected chi connectivity index (χ0v) is 11.6. The van der Waals surface area contributed by atoms with E-state index in [2.05, 4.69) is 10.3 Å². The second-order valence-electron chi connectivity index (χ2n) is 4.43. The van der Waals surface area contributed by atoms with Crippen LogP contribution in [-0.2, 0) is 0 Å². The van der Waals surface area contributed by atoms with Crippen LogP contribution in [0.1, 0.15) is 5.56 Å². The van der Waals surface area contributed by atoms with Crippen molar-refractivity contribution < 1.29 is 4.92 Å². The lowest BCUT2D eigenvalue weighted by atomic mass is 10.2. The number of nitrogens with one attached hydrogen (secondary N) is 1. The van der Waals surface area contributed by atoms with Crippen LogP contribution in [0.15, 0.2) is 71.5 Å². The molecule has 0 radical (unpaired) electrons. The fourth-order valence-electron chi connectivity index (χ4n) is 1.60. The summed E-state index contributed by atoms with van der Waals surface area (Å²) in [7, 11) is 0. The maximum Gasteiger partial charge on any atom is 0.303 e.